The Kier molecular flexibility index (Phi) is 3.27. The second kappa shape index (κ2) is 4.58. The van der Waals surface area contributed by atoms with Crippen molar-refractivity contribution in [1.82, 2.24) is 0 Å². The van der Waals surface area contributed by atoms with Crippen molar-refractivity contribution in [3.05, 3.63) is 54.1 Å². The van der Waals surface area contributed by atoms with Gasteiger partial charge in [0.2, 0.25) is 0 Å². The quantitative estimate of drug-likeness (QED) is 0.705. The number of benzene rings is 2. The number of rotatable bonds is 2. The van der Waals surface area contributed by atoms with Gasteiger partial charge in [0, 0.05) is 11.3 Å². The summed E-state index contributed by atoms with van der Waals surface area (Å²) in [7, 11) is -4.33. The van der Waals surface area contributed by atoms with Gasteiger partial charge in [-0.15, -0.1) is 0 Å². The predicted molar refractivity (Wildman–Crippen MR) is 63.8 cm³/mol. The van der Waals surface area contributed by atoms with Crippen molar-refractivity contribution in [1.29, 1.82) is 0 Å². The Bertz CT molecular complexity index is 544. The number of hydrogen-bond donors (Lipinski definition) is 3. The first-order valence-corrected chi connectivity index (χ1v) is 6.94. The zero-order valence-electron chi connectivity index (χ0n) is 9.14. The van der Waals surface area contributed by atoms with Gasteiger partial charge < -0.3 is 14.4 Å². The van der Waals surface area contributed by atoms with Gasteiger partial charge in [-0.1, -0.05) is 24.3 Å². The van der Waals surface area contributed by atoms with Crippen LogP contribution < -0.4 is 5.19 Å². The first-order valence-electron chi connectivity index (χ1n) is 5.10. The number of hydrogen-bond acceptors (Lipinski definition) is 3. The molecule has 3 nitrogen and oxygen atoms in total. The van der Waals surface area contributed by atoms with Crippen LogP contribution in [0.4, 0.5) is 8.78 Å². The van der Waals surface area contributed by atoms with Crippen molar-refractivity contribution < 1.29 is 23.2 Å². The highest BCUT2D eigenvalue weighted by Gasteiger charge is 2.29. The van der Waals surface area contributed by atoms with E-state index in [2.05, 4.69) is 0 Å². The Labute approximate surface area is 103 Å². The van der Waals surface area contributed by atoms with E-state index in [1.165, 1.54) is 36.4 Å². The average Bonchev–Trinajstić information content (AvgIpc) is 2.27. The lowest BCUT2D eigenvalue weighted by atomic mass is 10.1. The third-order valence-corrected chi connectivity index (χ3v) is 3.58. The largest absolute Gasteiger partial charge is 0.528 e. The minimum Gasteiger partial charge on any atom is -0.386 e. The smallest absolute Gasteiger partial charge is 0.386 e. The van der Waals surface area contributed by atoms with Crippen molar-refractivity contribution in [3.8, 4) is 11.1 Å². The predicted octanol–water partition coefficient (Wildman–Crippen LogP) is 0.755. The molecule has 18 heavy (non-hydrogen) atoms. The van der Waals surface area contributed by atoms with Crippen molar-refractivity contribution in [2.45, 2.75) is 0 Å². The van der Waals surface area contributed by atoms with Crippen LogP contribution in [-0.2, 0) is 0 Å². The lowest BCUT2D eigenvalue weighted by Gasteiger charge is -2.10. The molecule has 6 heteroatoms. The fourth-order valence-corrected chi connectivity index (χ4v) is 2.22. The SMILES string of the molecule is O[Si](O)(O)c1ccc(-c2cc(F)cc(F)c2)cc1. The van der Waals surface area contributed by atoms with Crippen LogP contribution in [-0.4, -0.2) is 23.2 Å². The second-order valence-corrected chi connectivity index (χ2v) is 5.72. The van der Waals surface area contributed by atoms with Gasteiger partial charge in [0.25, 0.3) is 0 Å². The summed E-state index contributed by atoms with van der Waals surface area (Å²) in [5.41, 5.74) is 0.843. The third kappa shape index (κ3) is 2.80. The van der Waals surface area contributed by atoms with Crippen LogP contribution in [0.3, 0.4) is 0 Å². The third-order valence-electron chi connectivity index (χ3n) is 2.47. The van der Waals surface area contributed by atoms with E-state index in [0.29, 0.717) is 11.1 Å². The summed E-state index contributed by atoms with van der Waals surface area (Å²) in [6, 6.07) is 8.63. The second-order valence-electron chi connectivity index (χ2n) is 3.87. The molecule has 0 bridgehead atoms. The van der Waals surface area contributed by atoms with E-state index >= 15 is 0 Å². The fraction of sp³-hybridized carbons (Fsp3) is 0. The maximum absolute atomic E-state index is 13.0. The Hall–Kier alpha value is -1.60. The summed E-state index contributed by atoms with van der Waals surface area (Å²) in [6.45, 7) is 0. The summed E-state index contributed by atoms with van der Waals surface area (Å²) in [6.07, 6.45) is 0. The zero-order chi connectivity index (χ0) is 13.3. The highest BCUT2D eigenvalue weighted by atomic mass is 28.4. The molecule has 0 radical (unpaired) electrons. The summed E-state index contributed by atoms with van der Waals surface area (Å²) < 4.78 is 26.1. The molecule has 2 rings (SSSR count). The molecule has 0 atom stereocenters. The van der Waals surface area contributed by atoms with Gasteiger partial charge in [-0.2, -0.15) is 0 Å². The minimum atomic E-state index is -4.33. The molecule has 2 aromatic rings. The van der Waals surface area contributed by atoms with Gasteiger partial charge in [-0.25, -0.2) is 8.78 Å². The van der Waals surface area contributed by atoms with E-state index in [-0.39, 0.29) is 5.19 Å². The van der Waals surface area contributed by atoms with Crippen LogP contribution in [0, 0.1) is 11.6 Å². The van der Waals surface area contributed by atoms with E-state index in [9.17, 15) is 8.78 Å². The summed E-state index contributed by atoms with van der Waals surface area (Å²) in [5.74, 6) is -1.38. The lowest BCUT2D eigenvalue weighted by Crippen LogP contribution is -2.48. The van der Waals surface area contributed by atoms with Crippen molar-refractivity contribution >= 4 is 14.0 Å². The molecule has 2 aromatic carbocycles. The molecular formula is C12H10F2O3Si. The molecule has 0 unspecified atom stereocenters. The lowest BCUT2D eigenvalue weighted by molar-refractivity contribution is 0.250. The van der Waals surface area contributed by atoms with Crippen LogP contribution in [0.2, 0.25) is 0 Å². The van der Waals surface area contributed by atoms with Gasteiger partial charge in [0.15, 0.2) is 0 Å². The van der Waals surface area contributed by atoms with Gasteiger partial charge in [0.05, 0.1) is 0 Å². The Morgan fingerprint density at radius 2 is 1.22 bits per heavy atom. The van der Waals surface area contributed by atoms with E-state index in [1.54, 1.807) is 0 Å². The van der Waals surface area contributed by atoms with Gasteiger partial charge >= 0.3 is 8.80 Å². The molecule has 0 aliphatic carbocycles. The highest BCUT2D eigenvalue weighted by molar-refractivity contribution is 6.71. The molecular weight excluding hydrogens is 258 g/mol. The first-order chi connectivity index (χ1) is 8.36. The molecule has 0 fully saturated rings. The van der Waals surface area contributed by atoms with E-state index in [4.69, 9.17) is 14.4 Å². The maximum atomic E-state index is 13.0. The maximum Gasteiger partial charge on any atom is 0.528 e. The van der Waals surface area contributed by atoms with Crippen LogP contribution in [0.15, 0.2) is 42.5 Å². The molecule has 0 saturated carbocycles. The Morgan fingerprint density at radius 1 is 0.722 bits per heavy atom. The molecule has 0 amide bonds. The summed E-state index contributed by atoms with van der Waals surface area (Å²) in [5, 5.41) is 0.00289. The molecule has 0 aromatic heterocycles. The molecule has 94 valence electrons. The van der Waals surface area contributed by atoms with E-state index < -0.39 is 20.4 Å². The minimum absolute atomic E-state index is 0.00289. The highest BCUT2D eigenvalue weighted by Crippen LogP contribution is 2.20. The summed E-state index contributed by atoms with van der Waals surface area (Å²) in [4.78, 5) is 27.2. The van der Waals surface area contributed by atoms with Gasteiger partial charge in [-0.3, -0.25) is 0 Å². The van der Waals surface area contributed by atoms with Crippen LogP contribution in [0.25, 0.3) is 11.1 Å². The van der Waals surface area contributed by atoms with E-state index in [0.717, 1.165) is 6.07 Å². The molecule has 0 saturated heterocycles. The average molecular weight is 268 g/mol. The monoisotopic (exact) mass is 268 g/mol. The first kappa shape index (κ1) is 12.8. The van der Waals surface area contributed by atoms with Crippen LogP contribution in [0.5, 0.6) is 0 Å². The van der Waals surface area contributed by atoms with Crippen LogP contribution in [0.1, 0.15) is 0 Å². The van der Waals surface area contributed by atoms with Gasteiger partial charge in [-0.05, 0) is 23.3 Å². The normalized spacial score (nSPS) is 11.6. The van der Waals surface area contributed by atoms with Crippen molar-refractivity contribution in [2.75, 3.05) is 0 Å². The van der Waals surface area contributed by atoms with Crippen LogP contribution >= 0.6 is 0 Å². The fourth-order valence-electron chi connectivity index (χ4n) is 1.61. The van der Waals surface area contributed by atoms with E-state index in [1.807, 2.05) is 0 Å². The van der Waals surface area contributed by atoms with Crippen molar-refractivity contribution in [2.24, 2.45) is 0 Å². The van der Waals surface area contributed by atoms with Crippen molar-refractivity contribution in [3.63, 3.8) is 0 Å². The summed E-state index contributed by atoms with van der Waals surface area (Å²) >= 11 is 0. The molecule has 0 aliphatic rings. The Balaban J connectivity index is 2.40. The standard InChI is InChI=1S/C12H10F2O3Si/c13-10-5-9(6-11(14)7-10)8-1-3-12(4-2-8)18(15,16)17/h1-7,15-17H. The molecule has 3 N–H and O–H groups in total. The van der Waals surface area contributed by atoms with Gasteiger partial charge in [0.1, 0.15) is 11.6 Å². The number of halogens is 2. The Morgan fingerprint density at radius 3 is 1.67 bits per heavy atom. The zero-order valence-corrected chi connectivity index (χ0v) is 10.1. The molecule has 0 spiro atoms. The molecule has 0 heterocycles. The topological polar surface area (TPSA) is 60.7 Å². The molecule has 0 aliphatic heterocycles.